The van der Waals surface area contributed by atoms with Gasteiger partial charge in [0, 0.05) is 13.1 Å². The third-order valence-electron chi connectivity index (χ3n) is 4.63. The molecule has 0 spiro atoms. The van der Waals surface area contributed by atoms with Gasteiger partial charge in [0.15, 0.2) is 0 Å². The highest BCUT2D eigenvalue weighted by atomic mass is 32.1. The first kappa shape index (κ1) is 16.2. The number of hydrogen-bond acceptors (Lipinski definition) is 4. The lowest BCUT2D eigenvalue weighted by molar-refractivity contribution is 0.186. The average molecular weight is 351 g/mol. The molecule has 25 heavy (non-hydrogen) atoms. The van der Waals surface area contributed by atoms with Crippen LogP contribution in [0.25, 0.3) is 5.69 Å². The maximum atomic E-state index is 5.61. The second-order valence-corrected chi connectivity index (χ2v) is 7.10. The Morgan fingerprint density at radius 2 is 1.72 bits per heavy atom. The molecule has 3 aromatic rings. The molecule has 0 N–H and O–H groups in total. The first-order valence-electron chi connectivity index (χ1n) is 8.51. The molecule has 5 nitrogen and oxygen atoms in total. The van der Waals surface area contributed by atoms with Crippen LogP contribution in [0.4, 0.5) is 0 Å². The van der Waals surface area contributed by atoms with Crippen molar-refractivity contribution in [2.45, 2.75) is 33.5 Å². The molecule has 0 amide bonds. The molecule has 0 saturated heterocycles. The van der Waals surface area contributed by atoms with E-state index in [4.69, 9.17) is 12.2 Å². The number of hydrogen-bond donors (Lipinski definition) is 0. The zero-order valence-corrected chi connectivity index (χ0v) is 15.3. The molecular formula is C19H21N5S. The maximum absolute atomic E-state index is 5.61. The van der Waals surface area contributed by atoms with Crippen molar-refractivity contribution in [1.29, 1.82) is 0 Å². The van der Waals surface area contributed by atoms with E-state index in [9.17, 15) is 0 Å². The number of nitrogens with zero attached hydrogens (tertiary/aromatic N) is 5. The minimum absolute atomic E-state index is 0.629. The van der Waals surface area contributed by atoms with E-state index in [2.05, 4.69) is 71.6 Å². The van der Waals surface area contributed by atoms with E-state index in [1.54, 1.807) is 9.36 Å². The summed E-state index contributed by atoms with van der Waals surface area (Å²) >= 11 is 5.61. The van der Waals surface area contributed by atoms with Gasteiger partial charge in [0.2, 0.25) is 4.77 Å². The Kier molecular flexibility index (Phi) is 4.23. The summed E-state index contributed by atoms with van der Waals surface area (Å²) in [6, 6.07) is 14.9. The van der Waals surface area contributed by atoms with Crippen LogP contribution in [-0.2, 0) is 19.6 Å². The molecule has 0 unspecified atom stereocenters. The summed E-state index contributed by atoms with van der Waals surface area (Å²) in [5, 5.41) is 8.56. The summed E-state index contributed by atoms with van der Waals surface area (Å²) in [6.07, 6.45) is 1.06. The van der Waals surface area contributed by atoms with Gasteiger partial charge in [0.25, 0.3) is 0 Å². The van der Waals surface area contributed by atoms with E-state index in [0.717, 1.165) is 25.2 Å². The zero-order valence-electron chi connectivity index (χ0n) is 14.5. The molecule has 0 radical (unpaired) electrons. The van der Waals surface area contributed by atoms with Crippen LogP contribution < -0.4 is 0 Å². The van der Waals surface area contributed by atoms with Crippen LogP contribution in [0.1, 0.15) is 22.3 Å². The van der Waals surface area contributed by atoms with Crippen LogP contribution in [0.2, 0.25) is 0 Å². The van der Waals surface area contributed by atoms with Crippen LogP contribution in [-0.4, -0.2) is 31.2 Å². The van der Waals surface area contributed by atoms with Crippen molar-refractivity contribution in [3.63, 3.8) is 0 Å². The second-order valence-electron chi connectivity index (χ2n) is 6.73. The van der Waals surface area contributed by atoms with E-state index in [0.29, 0.717) is 11.4 Å². The molecule has 2 heterocycles. The summed E-state index contributed by atoms with van der Waals surface area (Å²) in [5.74, 6) is 0. The normalized spacial score (nSPS) is 14.5. The average Bonchev–Trinajstić information content (AvgIpc) is 2.95. The molecular weight excluding hydrogens is 330 g/mol. The largest absolute Gasteiger partial charge is 0.280 e. The van der Waals surface area contributed by atoms with Gasteiger partial charge in [-0.15, -0.1) is 0 Å². The molecule has 2 aromatic carbocycles. The standard InChI is InChI=1S/C19H21N5S/c1-14-9-15(2)11-18(10-14)24-19(25)23(20-21-24)13-22-8-7-16-5-3-4-6-17(16)12-22/h3-6,9-11H,7-8,12-13H2,1-2H3. The summed E-state index contributed by atoms with van der Waals surface area (Å²) in [5.41, 5.74) is 6.19. The molecule has 0 saturated carbocycles. The van der Waals surface area contributed by atoms with Crippen molar-refractivity contribution in [2.24, 2.45) is 0 Å². The predicted molar refractivity (Wildman–Crippen MR) is 100 cm³/mol. The smallest absolute Gasteiger partial charge is 0.221 e. The van der Waals surface area contributed by atoms with Crippen molar-refractivity contribution in [1.82, 2.24) is 24.7 Å². The highest BCUT2D eigenvalue weighted by Gasteiger charge is 2.17. The Morgan fingerprint density at radius 3 is 2.48 bits per heavy atom. The Labute approximate surface area is 152 Å². The second kappa shape index (κ2) is 6.54. The first-order valence-corrected chi connectivity index (χ1v) is 8.91. The maximum Gasteiger partial charge on any atom is 0.221 e. The Hall–Kier alpha value is -2.31. The van der Waals surface area contributed by atoms with Gasteiger partial charge < -0.3 is 0 Å². The number of aryl methyl sites for hydroxylation is 2. The van der Waals surface area contributed by atoms with Gasteiger partial charge in [-0.3, -0.25) is 4.90 Å². The van der Waals surface area contributed by atoms with Crippen molar-refractivity contribution >= 4 is 12.2 Å². The lowest BCUT2D eigenvalue weighted by Gasteiger charge is -2.28. The van der Waals surface area contributed by atoms with E-state index in [-0.39, 0.29) is 0 Å². The van der Waals surface area contributed by atoms with Crippen LogP contribution >= 0.6 is 12.2 Å². The van der Waals surface area contributed by atoms with Crippen molar-refractivity contribution < 1.29 is 0 Å². The Morgan fingerprint density at radius 1 is 1.00 bits per heavy atom. The van der Waals surface area contributed by atoms with Gasteiger partial charge in [-0.1, -0.05) is 30.3 Å². The van der Waals surface area contributed by atoms with Crippen LogP contribution in [0.3, 0.4) is 0 Å². The van der Waals surface area contributed by atoms with Crippen LogP contribution in [0.15, 0.2) is 42.5 Å². The lowest BCUT2D eigenvalue weighted by atomic mass is 10.0. The van der Waals surface area contributed by atoms with Gasteiger partial charge in [0.1, 0.15) is 0 Å². The SMILES string of the molecule is Cc1cc(C)cc(-n2nnn(CN3CCc4ccccc4C3)c2=S)c1. The van der Waals surface area contributed by atoms with Gasteiger partial charge >= 0.3 is 0 Å². The van der Waals surface area contributed by atoms with Crippen molar-refractivity contribution in [2.75, 3.05) is 6.54 Å². The highest BCUT2D eigenvalue weighted by molar-refractivity contribution is 7.71. The zero-order chi connectivity index (χ0) is 17.4. The van der Waals surface area contributed by atoms with E-state index in [1.165, 1.54) is 22.3 Å². The quantitative estimate of drug-likeness (QED) is 0.678. The van der Waals surface area contributed by atoms with E-state index in [1.807, 2.05) is 0 Å². The topological polar surface area (TPSA) is 38.9 Å². The number of fused-ring (bicyclic) bond motifs is 1. The van der Waals surface area contributed by atoms with Gasteiger partial charge in [-0.2, -0.15) is 4.68 Å². The molecule has 1 aliphatic heterocycles. The minimum Gasteiger partial charge on any atom is -0.280 e. The molecule has 6 heteroatoms. The molecule has 0 bridgehead atoms. The number of rotatable bonds is 3. The van der Waals surface area contributed by atoms with Crippen LogP contribution in [0, 0.1) is 18.6 Å². The number of aromatic nitrogens is 4. The third-order valence-corrected chi connectivity index (χ3v) is 5.02. The molecule has 1 aromatic heterocycles. The van der Waals surface area contributed by atoms with E-state index >= 15 is 0 Å². The van der Waals surface area contributed by atoms with E-state index < -0.39 is 0 Å². The Balaban J connectivity index is 1.57. The summed E-state index contributed by atoms with van der Waals surface area (Å²) in [6.45, 7) is 6.76. The van der Waals surface area contributed by atoms with Gasteiger partial charge in [0.05, 0.1) is 12.4 Å². The minimum atomic E-state index is 0.629. The summed E-state index contributed by atoms with van der Waals surface area (Å²) in [4.78, 5) is 2.36. The Bertz CT molecular complexity index is 952. The number of tetrazole rings is 1. The predicted octanol–water partition coefficient (Wildman–Crippen LogP) is 3.43. The fourth-order valence-electron chi connectivity index (χ4n) is 3.46. The fourth-order valence-corrected chi connectivity index (χ4v) is 3.70. The third kappa shape index (κ3) is 3.27. The first-order chi connectivity index (χ1) is 12.1. The molecule has 0 fully saturated rings. The molecule has 1 aliphatic rings. The molecule has 0 aliphatic carbocycles. The number of benzene rings is 2. The van der Waals surface area contributed by atoms with Crippen molar-refractivity contribution in [3.8, 4) is 5.69 Å². The molecule has 4 rings (SSSR count). The highest BCUT2D eigenvalue weighted by Crippen LogP contribution is 2.19. The fraction of sp³-hybridized carbons (Fsp3) is 0.316. The lowest BCUT2D eigenvalue weighted by Crippen LogP contribution is -2.32. The monoisotopic (exact) mass is 351 g/mol. The van der Waals surface area contributed by atoms with Crippen LogP contribution in [0.5, 0.6) is 0 Å². The summed E-state index contributed by atoms with van der Waals surface area (Å²) < 4.78 is 4.18. The molecule has 128 valence electrons. The van der Waals surface area contributed by atoms with Gasteiger partial charge in [-0.25, -0.2) is 4.68 Å². The van der Waals surface area contributed by atoms with Gasteiger partial charge in [-0.05, 0) is 77.3 Å². The van der Waals surface area contributed by atoms with Crippen molar-refractivity contribution in [3.05, 3.63) is 69.5 Å². The summed E-state index contributed by atoms with van der Waals surface area (Å²) in [7, 11) is 0. The molecule has 0 atom stereocenters.